The largest absolute Gasteiger partial charge is 0.497 e. The van der Waals surface area contributed by atoms with Gasteiger partial charge in [0.05, 0.1) is 14.2 Å². The van der Waals surface area contributed by atoms with Crippen molar-refractivity contribution < 1.29 is 18.7 Å². The Balaban J connectivity index is 2.05. The summed E-state index contributed by atoms with van der Waals surface area (Å²) >= 11 is 3.33. The Kier molecular flexibility index (Phi) is 4.22. The average molecular weight is 377 g/mol. The summed E-state index contributed by atoms with van der Waals surface area (Å²) in [6.07, 6.45) is 2.01. The molecule has 0 unspecified atom stereocenters. The zero-order valence-electron chi connectivity index (χ0n) is 12.7. The Bertz CT molecular complexity index is 827. The van der Waals surface area contributed by atoms with E-state index < -0.39 is 0 Å². The van der Waals surface area contributed by atoms with Crippen LogP contribution in [0.15, 0.2) is 40.4 Å². The maximum atomic E-state index is 14.0. The molecule has 118 valence electrons. The standard InChI is InChI=1S/C18H14BrFO3/c1-22-12-4-3-10(16(9-12)23-2)7-11-8-13-15(20)6-5-14(19)17(13)18(11)21/h3-7,9H,8H2,1-2H3/b11-7+. The van der Waals surface area contributed by atoms with Gasteiger partial charge in [0.1, 0.15) is 17.3 Å². The number of hydrogen-bond acceptors (Lipinski definition) is 3. The molecule has 0 saturated heterocycles. The average Bonchev–Trinajstić information content (AvgIpc) is 2.89. The zero-order chi connectivity index (χ0) is 16.6. The number of ether oxygens (including phenoxy) is 2. The van der Waals surface area contributed by atoms with Crippen LogP contribution in [-0.2, 0) is 6.42 Å². The summed E-state index contributed by atoms with van der Waals surface area (Å²) in [6.45, 7) is 0. The van der Waals surface area contributed by atoms with Crippen LogP contribution in [0.2, 0.25) is 0 Å². The molecule has 5 heteroatoms. The third-order valence-corrected chi connectivity index (χ3v) is 4.52. The van der Waals surface area contributed by atoms with E-state index in [1.54, 1.807) is 38.5 Å². The molecular weight excluding hydrogens is 363 g/mol. The minimum atomic E-state index is -0.360. The molecule has 0 N–H and O–H groups in total. The highest BCUT2D eigenvalue weighted by atomic mass is 79.9. The second-order valence-corrected chi connectivity index (χ2v) is 6.02. The van der Waals surface area contributed by atoms with Crippen LogP contribution in [0, 0.1) is 5.82 Å². The smallest absolute Gasteiger partial charge is 0.190 e. The van der Waals surface area contributed by atoms with Crippen molar-refractivity contribution in [1.82, 2.24) is 0 Å². The summed E-state index contributed by atoms with van der Waals surface area (Å²) < 4.78 is 25.1. The highest BCUT2D eigenvalue weighted by molar-refractivity contribution is 9.10. The van der Waals surface area contributed by atoms with Crippen molar-refractivity contribution in [2.45, 2.75) is 6.42 Å². The van der Waals surface area contributed by atoms with E-state index in [1.165, 1.54) is 6.07 Å². The number of benzene rings is 2. The van der Waals surface area contributed by atoms with Gasteiger partial charge in [0.25, 0.3) is 0 Å². The molecule has 1 aliphatic rings. The highest BCUT2D eigenvalue weighted by Crippen LogP contribution is 2.36. The molecule has 0 aromatic heterocycles. The molecule has 1 aliphatic carbocycles. The Labute approximate surface area is 141 Å². The lowest BCUT2D eigenvalue weighted by Gasteiger charge is -2.08. The van der Waals surface area contributed by atoms with E-state index in [9.17, 15) is 9.18 Å². The van der Waals surface area contributed by atoms with Crippen LogP contribution in [0.5, 0.6) is 11.5 Å². The molecule has 0 saturated carbocycles. The molecule has 0 radical (unpaired) electrons. The van der Waals surface area contributed by atoms with E-state index in [1.807, 2.05) is 6.07 Å². The fraction of sp³-hybridized carbons (Fsp3) is 0.167. The van der Waals surface area contributed by atoms with E-state index in [0.717, 1.165) is 5.56 Å². The maximum Gasteiger partial charge on any atom is 0.190 e. The van der Waals surface area contributed by atoms with E-state index in [0.29, 0.717) is 32.7 Å². The summed E-state index contributed by atoms with van der Waals surface area (Å²) in [6, 6.07) is 8.27. The van der Waals surface area contributed by atoms with E-state index in [2.05, 4.69) is 15.9 Å². The number of carbonyl (C=O) groups is 1. The van der Waals surface area contributed by atoms with Crippen LogP contribution >= 0.6 is 15.9 Å². The molecule has 0 spiro atoms. The Morgan fingerprint density at radius 3 is 2.61 bits per heavy atom. The first kappa shape index (κ1) is 15.7. The minimum absolute atomic E-state index is 0.163. The third-order valence-electron chi connectivity index (χ3n) is 3.86. The Hall–Kier alpha value is -2.14. The first-order valence-corrected chi connectivity index (χ1v) is 7.78. The van der Waals surface area contributed by atoms with Gasteiger partial charge in [-0.1, -0.05) is 15.9 Å². The lowest BCUT2D eigenvalue weighted by Crippen LogP contribution is -1.97. The topological polar surface area (TPSA) is 35.5 Å². The lowest BCUT2D eigenvalue weighted by molar-refractivity contribution is 0.104. The van der Waals surface area contributed by atoms with Crippen LogP contribution in [0.4, 0.5) is 4.39 Å². The van der Waals surface area contributed by atoms with E-state index in [4.69, 9.17) is 9.47 Å². The summed E-state index contributed by atoms with van der Waals surface area (Å²) in [5.41, 5.74) is 2.13. The number of halogens is 2. The van der Waals surface area contributed by atoms with Crippen LogP contribution in [0.3, 0.4) is 0 Å². The van der Waals surface area contributed by atoms with Gasteiger partial charge in [-0.15, -0.1) is 0 Å². The van der Waals surface area contributed by atoms with Crippen molar-refractivity contribution >= 4 is 27.8 Å². The molecule has 3 nitrogen and oxygen atoms in total. The van der Waals surface area contributed by atoms with Gasteiger partial charge < -0.3 is 9.47 Å². The fourth-order valence-electron chi connectivity index (χ4n) is 2.69. The number of methoxy groups -OCH3 is 2. The minimum Gasteiger partial charge on any atom is -0.497 e. The van der Waals surface area contributed by atoms with Crippen molar-refractivity contribution in [1.29, 1.82) is 0 Å². The molecule has 2 aromatic carbocycles. The molecule has 3 rings (SSSR count). The molecule has 0 bridgehead atoms. The predicted octanol–water partition coefficient (Wildman–Crippen LogP) is 4.43. The highest BCUT2D eigenvalue weighted by Gasteiger charge is 2.29. The molecule has 0 fully saturated rings. The Morgan fingerprint density at radius 1 is 1.17 bits per heavy atom. The quantitative estimate of drug-likeness (QED) is 0.743. The SMILES string of the molecule is COc1ccc(/C=C2\Cc3c(F)ccc(Br)c3C2=O)c(OC)c1. The second kappa shape index (κ2) is 6.16. The van der Waals surface area contributed by atoms with Gasteiger partial charge in [-0.25, -0.2) is 4.39 Å². The van der Waals surface area contributed by atoms with Crippen molar-refractivity contribution in [3.63, 3.8) is 0 Å². The molecule has 2 aromatic rings. The van der Waals surface area contributed by atoms with Crippen LogP contribution in [0.25, 0.3) is 6.08 Å². The molecular formula is C18H14BrFO3. The molecule has 0 atom stereocenters. The summed E-state index contributed by atoms with van der Waals surface area (Å²) in [5, 5.41) is 0. The van der Waals surface area contributed by atoms with Gasteiger partial charge >= 0.3 is 0 Å². The van der Waals surface area contributed by atoms with Crippen LogP contribution in [0.1, 0.15) is 21.5 Å². The second-order valence-electron chi connectivity index (χ2n) is 5.17. The normalized spacial score (nSPS) is 15.0. The predicted molar refractivity (Wildman–Crippen MR) is 89.7 cm³/mol. The number of ketones is 1. The van der Waals surface area contributed by atoms with Gasteiger partial charge in [-0.2, -0.15) is 0 Å². The van der Waals surface area contributed by atoms with Crippen molar-refractivity contribution in [3.05, 3.63) is 62.9 Å². The fourth-order valence-corrected chi connectivity index (χ4v) is 3.24. The lowest BCUT2D eigenvalue weighted by atomic mass is 10.1. The van der Waals surface area contributed by atoms with Crippen molar-refractivity contribution in [3.8, 4) is 11.5 Å². The monoisotopic (exact) mass is 376 g/mol. The first-order chi connectivity index (χ1) is 11.0. The number of carbonyl (C=O) groups excluding carboxylic acids is 1. The molecule has 0 aliphatic heterocycles. The van der Waals surface area contributed by atoms with Crippen molar-refractivity contribution in [2.24, 2.45) is 0 Å². The van der Waals surface area contributed by atoms with E-state index >= 15 is 0 Å². The molecule has 0 amide bonds. The van der Waals surface area contributed by atoms with Gasteiger partial charge in [-0.3, -0.25) is 4.79 Å². The van der Waals surface area contributed by atoms with E-state index in [-0.39, 0.29) is 18.0 Å². The van der Waals surface area contributed by atoms with Gasteiger partial charge in [-0.05, 0) is 30.3 Å². The summed E-state index contributed by atoms with van der Waals surface area (Å²) in [5.74, 6) is 0.741. The van der Waals surface area contributed by atoms with Crippen molar-refractivity contribution in [2.75, 3.05) is 14.2 Å². The molecule has 0 heterocycles. The number of Topliss-reactive ketones (excluding diaryl/α,β-unsaturated/α-hetero) is 1. The van der Waals surface area contributed by atoms with Gasteiger partial charge in [0.2, 0.25) is 0 Å². The van der Waals surface area contributed by atoms with Gasteiger partial charge in [0.15, 0.2) is 5.78 Å². The number of allylic oxidation sites excluding steroid dienone is 1. The summed E-state index contributed by atoms with van der Waals surface area (Å²) in [7, 11) is 3.13. The van der Waals surface area contributed by atoms with Crippen LogP contribution in [-0.4, -0.2) is 20.0 Å². The third kappa shape index (κ3) is 2.77. The number of hydrogen-bond donors (Lipinski definition) is 0. The van der Waals surface area contributed by atoms with Gasteiger partial charge in [0, 0.05) is 39.2 Å². The molecule has 23 heavy (non-hydrogen) atoms. The zero-order valence-corrected chi connectivity index (χ0v) is 14.2. The number of rotatable bonds is 3. The Morgan fingerprint density at radius 2 is 1.96 bits per heavy atom. The first-order valence-electron chi connectivity index (χ1n) is 6.99. The van der Waals surface area contributed by atoms with Crippen LogP contribution < -0.4 is 9.47 Å². The summed E-state index contributed by atoms with van der Waals surface area (Å²) in [4.78, 5) is 12.6. The number of fused-ring (bicyclic) bond motifs is 1. The maximum absolute atomic E-state index is 14.0.